The molecule has 1 unspecified atom stereocenters. The number of anilines is 1. The van der Waals surface area contributed by atoms with Gasteiger partial charge in [-0.25, -0.2) is 0 Å². The van der Waals surface area contributed by atoms with Crippen molar-refractivity contribution in [1.29, 1.82) is 0 Å². The summed E-state index contributed by atoms with van der Waals surface area (Å²) in [5.74, 6) is -0.0258. The fraction of sp³-hybridized carbons (Fsp3) is 0.0714. The summed E-state index contributed by atoms with van der Waals surface area (Å²) in [4.78, 5) is 19.4. The normalized spacial score (nSPS) is 18.9. The number of phenolic OH excluding ortho intramolecular Hbond substituents is 1. The number of benzene rings is 3. The number of rotatable bonds is 4. The minimum absolute atomic E-state index is 0.193. The summed E-state index contributed by atoms with van der Waals surface area (Å²) in [5.41, 5.74) is 3.26. The Bertz CT molecular complexity index is 1570. The number of thioether (sulfide) groups is 1. The highest BCUT2D eigenvalue weighted by Crippen LogP contribution is 2.40. The summed E-state index contributed by atoms with van der Waals surface area (Å²) < 4.78 is 0.441. The van der Waals surface area contributed by atoms with E-state index in [4.69, 9.17) is 17.3 Å². The lowest BCUT2D eigenvalue weighted by Crippen LogP contribution is -2.28. The van der Waals surface area contributed by atoms with Crippen LogP contribution in [0.1, 0.15) is 23.6 Å². The Morgan fingerprint density at radius 1 is 1.00 bits per heavy atom. The topological polar surface area (TPSA) is 69.0 Å². The van der Waals surface area contributed by atoms with Crippen molar-refractivity contribution in [1.82, 2.24) is 9.99 Å². The number of para-hydroxylation sites is 1. The molecule has 8 heteroatoms. The molecule has 4 aromatic rings. The van der Waals surface area contributed by atoms with E-state index in [2.05, 4.69) is 35.3 Å². The Kier molecular flexibility index (Phi) is 5.75. The average Bonchev–Trinajstić information content (AvgIpc) is 3.44. The predicted molar refractivity (Wildman–Crippen MR) is 148 cm³/mol. The Hall–Kier alpha value is -4.01. The van der Waals surface area contributed by atoms with Crippen LogP contribution in [0.3, 0.4) is 0 Å². The number of nitrogens with zero attached hydrogens (tertiary/aromatic N) is 4. The Balaban J connectivity index is 1.39. The molecule has 3 aromatic carbocycles. The zero-order valence-corrected chi connectivity index (χ0v) is 20.6. The molecule has 1 aromatic heterocycles. The summed E-state index contributed by atoms with van der Waals surface area (Å²) in [5, 5.41) is 19.6. The molecule has 0 radical (unpaired) electrons. The van der Waals surface area contributed by atoms with Gasteiger partial charge in [0.15, 0.2) is 4.32 Å². The maximum Gasteiger partial charge on any atom is 0.272 e. The van der Waals surface area contributed by atoms with Gasteiger partial charge in [-0.1, -0.05) is 78.6 Å². The highest BCUT2D eigenvalue weighted by molar-refractivity contribution is 8.27. The lowest BCUT2D eigenvalue weighted by molar-refractivity contribution is -0.113. The maximum absolute atomic E-state index is 13.3. The Labute approximate surface area is 217 Å². The molecule has 1 saturated heterocycles. The van der Waals surface area contributed by atoms with Gasteiger partial charge in [0.1, 0.15) is 5.75 Å². The van der Waals surface area contributed by atoms with Crippen LogP contribution in [-0.4, -0.2) is 31.0 Å². The van der Waals surface area contributed by atoms with Gasteiger partial charge < -0.3 is 5.11 Å². The van der Waals surface area contributed by atoms with Crippen LogP contribution >= 0.6 is 24.0 Å². The van der Waals surface area contributed by atoms with E-state index in [1.54, 1.807) is 47.9 Å². The first kappa shape index (κ1) is 22.5. The Morgan fingerprint density at radius 3 is 2.61 bits per heavy atom. The highest BCUT2D eigenvalue weighted by Gasteiger charge is 2.36. The standard InChI is InChI=1S/C28H20N4O2S2/c33-25-10-4-3-9-22(25)24-15-23(20-12-11-18-6-1-2-7-19(18)14-20)30-31(24)17-26-27(34)32(28(35)36-26)21-8-5-13-29-16-21/h1-14,16-17,24,33H,15H2/b26-17-. The van der Waals surface area contributed by atoms with E-state index < -0.39 is 0 Å². The molecule has 0 aliphatic carbocycles. The number of hydrogen-bond acceptors (Lipinski definition) is 7. The molecule has 0 spiro atoms. The van der Waals surface area contributed by atoms with E-state index >= 15 is 0 Å². The number of aromatic nitrogens is 1. The van der Waals surface area contributed by atoms with Gasteiger partial charge in [0.25, 0.3) is 5.91 Å². The molecule has 0 bridgehead atoms. The van der Waals surface area contributed by atoms with Gasteiger partial charge in [0.05, 0.1) is 28.5 Å². The monoisotopic (exact) mass is 508 g/mol. The molecule has 176 valence electrons. The minimum Gasteiger partial charge on any atom is -0.508 e. The van der Waals surface area contributed by atoms with Gasteiger partial charge in [-0.15, -0.1) is 0 Å². The molecule has 1 amide bonds. The number of hydrogen-bond donors (Lipinski definition) is 1. The number of carbonyl (C=O) groups excluding carboxylic acids is 1. The third-order valence-corrected chi connectivity index (χ3v) is 7.56. The van der Waals surface area contributed by atoms with Crippen molar-refractivity contribution >= 4 is 56.4 Å². The maximum atomic E-state index is 13.3. The summed E-state index contributed by atoms with van der Waals surface area (Å²) >= 11 is 6.74. The van der Waals surface area contributed by atoms with Crippen LogP contribution in [0.2, 0.25) is 0 Å². The van der Waals surface area contributed by atoms with Crippen LogP contribution < -0.4 is 4.90 Å². The van der Waals surface area contributed by atoms with E-state index in [1.165, 1.54) is 16.7 Å². The van der Waals surface area contributed by atoms with Crippen LogP contribution in [0.25, 0.3) is 10.8 Å². The van der Waals surface area contributed by atoms with Crippen LogP contribution in [-0.2, 0) is 4.79 Å². The average molecular weight is 509 g/mol. The SMILES string of the molecule is O=C1/C(=C/N2N=C(c3ccc4ccccc4c3)CC2c2ccccc2O)SC(=S)N1c1cccnc1. The van der Waals surface area contributed by atoms with Crippen LogP contribution in [0.5, 0.6) is 5.75 Å². The first-order valence-corrected chi connectivity index (χ1v) is 12.6. The third kappa shape index (κ3) is 4.04. The van der Waals surface area contributed by atoms with Crippen molar-refractivity contribution in [3.05, 3.63) is 113 Å². The summed E-state index contributed by atoms with van der Waals surface area (Å²) in [6, 6.07) is 25.0. The van der Waals surface area contributed by atoms with Crippen molar-refractivity contribution < 1.29 is 9.90 Å². The zero-order valence-electron chi connectivity index (χ0n) is 19.0. The largest absolute Gasteiger partial charge is 0.508 e. The van der Waals surface area contributed by atoms with E-state index in [1.807, 2.05) is 24.3 Å². The number of amides is 1. The molecule has 36 heavy (non-hydrogen) atoms. The molecule has 6 nitrogen and oxygen atoms in total. The first-order valence-electron chi connectivity index (χ1n) is 11.4. The summed E-state index contributed by atoms with van der Waals surface area (Å²) in [6.45, 7) is 0. The quantitative estimate of drug-likeness (QED) is 0.269. The summed E-state index contributed by atoms with van der Waals surface area (Å²) in [7, 11) is 0. The third-order valence-electron chi connectivity index (χ3n) is 6.27. The molecule has 2 aliphatic rings. The fourth-order valence-electron chi connectivity index (χ4n) is 4.50. The van der Waals surface area contributed by atoms with Gasteiger partial charge in [-0.2, -0.15) is 5.10 Å². The predicted octanol–water partition coefficient (Wildman–Crippen LogP) is 6.00. The van der Waals surface area contributed by atoms with Crippen LogP contribution in [0.15, 0.2) is 107 Å². The first-order chi connectivity index (χ1) is 17.6. The number of fused-ring (bicyclic) bond motifs is 1. The minimum atomic E-state index is -0.269. The number of aromatic hydroxyl groups is 1. The molecule has 1 N–H and O–H groups in total. The van der Waals surface area contributed by atoms with E-state index in [0.717, 1.165) is 27.6 Å². The number of hydrazone groups is 1. The molecular formula is C28H20N4O2S2. The molecule has 6 rings (SSSR count). The lowest BCUT2D eigenvalue weighted by Gasteiger charge is -2.21. The number of carbonyl (C=O) groups is 1. The van der Waals surface area contributed by atoms with E-state index in [-0.39, 0.29) is 17.7 Å². The Morgan fingerprint density at radius 2 is 1.81 bits per heavy atom. The van der Waals surface area contributed by atoms with Crippen molar-refractivity contribution in [2.24, 2.45) is 5.10 Å². The van der Waals surface area contributed by atoms with Crippen LogP contribution in [0.4, 0.5) is 5.69 Å². The smallest absolute Gasteiger partial charge is 0.272 e. The van der Waals surface area contributed by atoms with E-state index in [0.29, 0.717) is 21.3 Å². The summed E-state index contributed by atoms with van der Waals surface area (Å²) in [6.07, 6.45) is 5.58. The van der Waals surface area contributed by atoms with Crippen molar-refractivity contribution in [2.75, 3.05) is 4.90 Å². The van der Waals surface area contributed by atoms with Crippen molar-refractivity contribution in [3.63, 3.8) is 0 Å². The second kappa shape index (κ2) is 9.22. The van der Waals surface area contributed by atoms with Gasteiger partial charge in [0, 0.05) is 24.4 Å². The number of pyridine rings is 1. The molecule has 3 heterocycles. The lowest BCUT2D eigenvalue weighted by atomic mass is 9.96. The molecule has 0 saturated carbocycles. The number of phenols is 1. The van der Waals surface area contributed by atoms with Crippen molar-refractivity contribution in [2.45, 2.75) is 12.5 Å². The zero-order chi connectivity index (χ0) is 24.6. The second-order valence-corrected chi connectivity index (χ2v) is 10.2. The van der Waals surface area contributed by atoms with E-state index in [9.17, 15) is 9.90 Å². The van der Waals surface area contributed by atoms with Gasteiger partial charge in [0.2, 0.25) is 0 Å². The molecule has 1 fully saturated rings. The fourth-order valence-corrected chi connectivity index (χ4v) is 5.76. The number of thiocarbonyl (C=S) groups is 1. The molecule has 1 atom stereocenters. The van der Waals surface area contributed by atoms with Gasteiger partial charge in [-0.3, -0.25) is 19.7 Å². The van der Waals surface area contributed by atoms with Gasteiger partial charge in [-0.05, 0) is 40.6 Å². The highest BCUT2D eigenvalue weighted by atomic mass is 32.2. The van der Waals surface area contributed by atoms with Crippen molar-refractivity contribution in [3.8, 4) is 5.75 Å². The molecule has 2 aliphatic heterocycles. The second-order valence-electron chi connectivity index (χ2n) is 8.48. The van der Waals surface area contributed by atoms with Crippen LogP contribution in [0, 0.1) is 0 Å². The molecular weight excluding hydrogens is 488 g/mol. The van der Waals surface area contributed by atoms with Gasteiger partial charge >= 0.3 is 0 Å².